The number of benzene rings is 2. The van der Waals surface area contributed by atoms with E-state index in [1.54, 1.807) is 30.5 Å². The monoisotopic (exact) mass is 614 g/mol. The number of nitrogens with zero attached hydrogens (tertiary/aromatic N) is 2. The van der Waals surface area contributed by atoms with E-state index in [-0.39, 0.29) is 24.8 Å². The van der Waals surface area contributed by atoms with Crippen molar-refractivity contribution in [2.45, 2.75) is 52.2 Å². The van der Waals surface area contributed by atoms with Gasteiger partial charge in [0.1, 0.15) is 11.8 Å². The molecule has 0 saturated heterocycles. The summed E-state index contributed by atoms with van der Waals surface area (Å²) in [5, 5.41) is 18.0. The third-order valence-electron chi connectivity index (χ3n) is 6.37. The van der Waals surface area contributed by atoms with Crippen molar-refractivity contribution in [2.75, 3.05) is 24.0 Å². The van der Waals surface area contributed by atoms with Crippen LogP contribution in [0.4, 0.5) is 16.2 Å². The second kappa shape index (κ2) is 14.6. The van der Waals surface area contributed by atoms with Crippen molar-refractivity contribution in [3.8, 4) is 5.75 Å². The maximum absolute atomic E-state index is 13.1. The number of rotatable bonds is 14. The summed E-state index contributed by atoms with van der Waals surface area (Å²) in [6, 6.07) is 10.2. The number of ether oxygens (including phenoxy) is 1. The second-order valence-electron chi connectivity index (χ2n) is 10.6. The maximum Gasteiger partial charge on any atom is 0.323 e. The number of anilines is 2. The van der Waals surface area contributed by atoms with Crippen LogP contribution in [0.2, 0.25) is 0 Å². The van der Waals surface area contributed by atoms with Gasteiger partial charge in [0.25, 0.3) is 0 Å². The molecule has 0 spiro atoms. The van der Waals surface area contributed by atoms with Crippen LogP contribution in [0.1, 0.15) is 43.1 Å². The number of hydrogen-bond donors (Lipinski definition) is 5. The molecule has 0 aliphatic rings. The van der Waals surface area contributed by atoms with Gasteiger partial charge in [-0.05, 0) is 48.6 Å². The number of hydrogen-bond acceptors (Lipinski definition) is 7. The van der Waals surface area contributed by atoms with E-state index in [2.05, 4.69) is 25.7 Å². The zero-order chi connectivity index (χ0) is 31.7. The molecule has 0 fully saturated rings. The van der Waals surface area contributed by atoms with Crippen molar-refractivity contribution in [3.05, 3.63) is 71.8 Å². The molecule has 2 unspecified atom stereocenters. The van der Waals surface area contributed by atoms with Crippen LogP contribution in [0, 0.1) is 12.8 Å². The van der Waals surface area contributed by atoms with Gasteiger partial charge in [0.15, 0.2) is 0 Å². The number of para-hydroxylation sites is 1. The molecular weight excluding hydrogens is 576 g/mol. The Hall–Kier alpha value is -4.43. The summed E-state index contributed by atoms with van der Waals surface area (Å²) >= 11 is 0. The predicted octanol–water partition coefficient (Wildman–Crippen LogP) is 3.29. The zero-order valence-corrected chi connectivity index (χ0v) is 25.6. The SMILES string of the molecule is COc1cc(CC(=O)NC(CC(C)C)c2cn(CC(NS(C)(=O)=O)C(=O)O)cn2)ccc1NC(=O)Nc1ccccc1C. The van der Waals surface area contributed by atoms with Crippen LogP contribution in [0.3, 0.4) is 0 Å². The minimum Gasteiger partial charge on any atom is -0.495 e. The van der Waals surface area contributed by atoms with Crippen LogP contribution in [0.15, 0.2) is 55.0 Å². The van der Waals surface area contributed by atoms with E-state index in [4.69, 9.17) is 4.74 Å². The molecule has 3 rings (SSSR count). The number of methoxy groups -OCH3 is 1. The highest BCUT2D eigenvalue weighted by Crippen LogP contribution is 2.27. The third-order valence-corrected chi connectivity index (χ3v) is 7.09. The number of aromatic nitrogens is 2. The first kappa shape index (κ1) is 33.1. The maximum atomic E-state index is 13.1. The fourth-order valence-electron chi connectivity index (χ4n) is 4.39. The number of aryl methyl sites for hydroxylation is 1. The highest BCUT2D eigenvalue weighted by Gasteiger charge is 2.24. The second-order valence-corrected chi connectivity index (χ2v) is 12.4. The van der Waals surface area contributed by atoms with Crippen LogP contribution in [0.5, 0.6) is 5.75 Å². The van der Waals surface area contributed by atoms with Gasteiger partial charge in [-0.3, -0.25) is 9.59 Å². The standard InChI is InChI=1S/C29H38N6O7S/c1-18(2)12-23(24-15-35(17-30-24)16-25(28(37)38)34-43(5,40)41)31-27(36)14-20-10-11-22(26(13-20)42-4)33-29(39)32-21-9-7-6-8-19(21)3/h6-11,13,15,17-18,23,25,34H,12,14,16H2,1-5H3,(H,31,36)(H,37,38)(H2,32,33,39). The van der Waals surface area contributed by atoms with Gasteiger partial charge < -0.3 is 30.4 Å². The van der Waals surface area contributed by atoms with Gasteiger partial charge in [-0.1, -0.05) is 38.1 Å². The van der Waals surface area contributed by atoms with Gasteiger partial charge in [0.05, 0.1) is 50.1 Å². The Bertz CT molecular complexity index is 1550. The molecule has 5 N–H and O–H groups in total. The predicted molar refractivity (Wildman–Crippen MR) is 162 cm³/mol. The number of carbonyl (C=O) groups is 3. The number of amides is 3. The lowest BCUT2D eigenvalue weighted by Crippen LogP contribution is -2.42. The molecule has 14 heteroatoms. The summed E-state index contributed by atoms with van der Waals surface area (Å²) in [7, 11) is -2.27. The van der Waals surface area contributed by atoms with Gasteiger partial charge in [-0.15, -0.1) is 0 Å². The number of imidazole rings is 1. The lowest BCUT2D eigenvalue weighted by Gasteiger charge is -2.19. The van der Waals surface area contributed by atoms with Crippen molar-refractivity contribution in [1.82, 2.24) is 19.6 Å². The Labute approximate surface area is 251 Å². The number of nitrogens with one attached hydrogen (secondary N) is 4. The average Bonchev–Trinajstić information content (AvgIpc) is 3.37. The number of sulfonamides is 1. The van der Waals surface area contributed by atoms with E-state index >= 15 is 0 Å². The van der Waals surface area contributed by atoms with Crippen LogP contribution in [0.25, 0.3) is 0 Å². The summed E-state index contributed by atoms with van der Waals surface area (Å²) in [5.74, 6) is -1.01. The molecule has 1 aromatic heterocycles. The molecule has 0 aliphatic carbocycles. The lowest BCUT2D eigenvalue weighted by atomic mass is 10.0. The van der Waals surface area contributed by atoms with E-state index in [0.717, 1.165) is 11.8 Å². The van der Waals surface area contributed by atoms with E-state index in [0.29, 0.717) is 34.8 Å². The van der Waals surface area contributed by atoms with E-state index < -0.39 is 34.1 Å². The molecule has 3 aromatic rings. The summed E-state index contributed by atoms with van der Waals surface area (Å²) in [5.41, 5.74) is 3.21. The molecule has 0 bridgehead atoms. The first-order chi connectivity index (χ1) is 20.2. The van der Waals surface area contributed by atoms with Crippen LogP contribution >= 0.6 is 0 Å². The van der Waals surface area contributed by atoms with Gasteiger partial charge in [-0.25, -0.2) is 18.2 Å². The number of aliphatic carboxylic acids is 1. The molecule has 43 heavy (non-hydrogen) atoms. The minimum absolute atomic E-state index is 0.0285. The summed E-state index contributed by atoms with van der Waals surface area (Å²) in [4.78, 5) is 41.5. The number of urea groups is 1. The molecule has 2 atom stereocenters. The Morgan fingerprint density at radius 3 is 2.40 bits per heavy atom. The summed E-state index contributed by atoms with van der Waals surface area (Å²) in [6.07, 6.45) is 4.48. The highest BCUT2D eigenvalue weighted by atomic mass is 32.2. The molecule has 232 valence electrons. The smallest absolute Gasteiger partial charge is 0.323 e. The van der Waals surface area contributed by atoms with Crippen molar-refractivity contribution in [1.29, 1.82) is 0 Å². The first-order valence-corrected chi connectivity index (χ1v) is 15.4. The molecule has 0 saturated carbocycles. The van der Waals surface area contributed by atoms with Crippen molar-refractivity contribution in [3.63, 3.8) is 0 Å². The van der Waals surface area contributed by atoms with Crippen LogP contribution < -0.4 is 25.4 Å². The molecular formula is C29H38N6O7S. The van der Waals surface area contributed by atoms with Crippen LogP contribution in [-0.4, -0.2) is 60.4 Å². The summed E-state index contributed by atoms with van der Waals surface area (Å²) in [6.45, 7) is 5.71. The van der Waals surface area contributed by atoms with E-state index in [1.807, 2.05) is 39.0 Å². The number of carbonyl (C=O) groups excluding carboxylic acids is 2. The molecule has 0 aliphatic heterocycles. The van der Waals surface area contributed by atoms with Crippen LogP contribution in [-0.2, 0) is 32.6 Å². The van der Waals surface area contributed by atoms with Gasteiger partial charge >= 0.3 is 12.0 Å². The number of carboxylic acid groups (broad SMARTS) is 1. The van der Waals surface area contributed by atoms with Crippen molar-refractivity contribution < 1.29 is 32.6 Å². The molecule has 3 amide bonds. The first-order valence-electron chi connectivity index (χ1n) is 13.6. The van der Waals surface area contributed by atoms with E-state index in [9.17, 15) is 27.9 Å². The molecule has 2 aromatic carbocycles. The molecule has 0 radical (unpaired) electrons. The topological polar surface area (TPSA) is 181 Å². The quantitative estimate of drug-likeness (QED) is 0.183. The van der Waals surface area contributed by atoms with Gasteiger partial charge in [-0.2, -0.15) is 4.72 Å². The Balaban J connectivity index is 1.68. The fourth-order valence-corrected chi connectivity index (χ4v) is 5.08. The Morgan fingerprint density at radius 1 is 1.07 bits per heavy atom. The van der Waals surface area contributed by atoms with Gasteiger partial charge in [0, 0.05) is 11.9 Å². The van der Waals surface area contributed by atoms with Gasteiger partial charge in [0.2, 0.25) is 15.9 Å². The third kappa shape index (κ3) is 10.4. The normalized spacial score (nSPS) is 12.8. The fraction of sp³-hybridized carbons (Fsp3) is 0.379. The van der Waals surface area contributed by atoms with Crippen molar-refractivity contribution in [2.24, 2.45) is 5.92 Å². The Kier molecular flexibility index (Phi) is 11.3. The highest BCUT2D eigenvalue weighted by molar-refractivity contribution is 7.88. The summed E-state index contributed by atoms with van der Waals surface area (Å²) < 4.78 is 32.1. The van der Waals surface area contributed by atoms with Crippen molar-refractivity contribution >= 4 is 39.3 Å². The van der Waals surface area contributed by atoms with E-state index in [1.165, 1.54) is 18.0 Å². The minimum atomic E-state index is -3.74. The zero-order valence-electron chi connectivity index (χ0n) is 24.7. The Morgan fingerprint density at radius 2 is 1.77 bits per heavy atom. The number of carboxylic acids is 1. The molecule has 13 nitrogen and oxygen atoms in total. The average molecular weight is 615 g/mol. The lowest BCUT2D eigenvalue weighted by molar-refractivity contribution is -0.139. The largest absolute Gasteiger partial charge is 0.495 e. The molecule has 1 heterocycles.